The van der Waals surface area contributed by atoms with Gasteiger partial charge in [0, 0.05) is 60.2 Å². The number of carbonyl (C=O) groups is 2. The number of nitrogens with two attached hydrogens (primary N) is 1. The summed E-state index contributed by atoms with van der Waals surface area (Å²) in [6, 6.07) is 1.69. The highest BCUT2D eigenvalue weighted by Crippen LogP contribution is 2.39. The van der Waals surface area contributed by atoms with Crippen molar-refractivity contribution in [1.82, 2.24) is 20.5 Å². The summed E-state index contributed by atoms with van der Waals surface area (Å²) >= 11 is 12.9. The van der Waals surface area contributed by atoms with Crippen LogP contribution in [0.25, 0.3) is 16.6 Å². The zero-order chi connectivity index (χ0) is 26.8. The number of nitrogens with one attached hydrogen (secondary N) is 3. The van der Waals surface area contributed by atoms with Crippen LogP contribution in [0.2, 0.25) is 10.0 Å². The van der Waals surface area contributed by atoms with Crippen molar-refractivity contribution in [3.05, 3.63) is 39.0 Å². The van der Waals surface area contributed by atoms with Crippen molar-refractivity contribution in [3.8, 4) is 0 Å². The van der Waals surface area contributed by atoms with Crippen LogP contribution in [0.1, 0.15) is 48.9 Å². The third kappa shape index (κ3) is 7.70. The molecule has 3 rings (SSSR count). The van der Waals surface area contributed by atoms with Crippen LogP contribution in [-0.4, -0.2) is 72.9 Å². The monoisotopic (exact) mass is 550 g/mol. The van der Waals surface area contributed by atoms with Gasteiger partial charge < -0.3 is 31.4 Å². The van der Waals surface area contributed by atoms with E-state index in [2.05, 4.69) is 20.6 Å². The molecule has 0 aliphatic carbocycles. The van der Waals surface area contributed by atoms with E-state index in [1.54, 1.807) is 17.0 Å². The first-order valence-electron chi connectivity index (χ1n) is 12.6. The Morgan fingerprint density at radius 2 is 1.95 bits per heavy atom. The molecule has 1 aliphatic rings. The highest BCUT2D eigenvalue weighted by molar-refractivity contribution is 6.45. The molecular formula is C26H36Cl2N6O3. The summed E-state index contributed by atoms with van der Waals surface area (Å²) in [5, 5.41) is 16.8. The molecule has 2 aromatic rings. The van der Waals surface area contributed by atoms with Crippen molar-refractivity contribution in [3.63, 3.8) is 0 Å². The highest BCUT2D eigenvalue weighted by atomic mass is 35.5. The fourth-order valence-electron chi connectivity index (χ4n) is 4.48. The van der Waals surface area contributed by atoms with Gasteiger partial charge in [0.2, 0.25) is 11.8 Å². The molecule has 0 fully saturated rings. The standard InChI is InChI=1S/C26H36Cl2N6O3/c1-30-9-5-3-2-4-6-10-32-22(36)14-31-11-7-20(29)17-13-19(27)25(28)26-24(17)18-15-34(23(37)16-35)12-8-21(18)33-26/h7,11,13,30,33,35H,2-6,8-10,12,14-16,29H2,1H3,(H,32,36)/b20-7-,31-11?. The maximum atomic E-state index is 12.1. The zero-order valence-corrected chi connectivity index (χ0v) is 22.7. The van der Waals surface area contributed by atoms with Crippen molar-refractivity contribution in [2.24, 2.45) is 10.7 Å². The van der Waals surface area contributed by atoms with Gasteiger partial charge in [-0.05, 0) is 38.6 Å². The first kappa shape index (κ1) is 29.0. The van der Waals surface area contributed by atoms with E-state index in [0.29, 0.717) is 52.9 Å². The largest absolute Gasteiger partial charge is 0.398 e. The molecule has 1 aromatic heterocycles. The number of hydrogen-bond acceptors (Lipinski definition) is 6. The Bertz CT molecular complexity index is 1160. The molecule has 11 heteroatoms. The molecule has 0 radical (unpaired) electrons. The zero-order valence-electron chi connectivity index (χ0n) is 21.2. The van der Waals surface area contributed by atoms with Gasteiger partial charge in [0.1, 0.15) is 13.2 Å². The van der Waals surface area contributed by atoms with Crippen molar-refractivity contribution >= 4 is 57.8 Å². The molecule has 1 aromatic carbocycles. The van der Waals surface area contributed by atoms with E-state index in [9.17, 15) is 14.7 Å². The van der Waals surface area contributed by atoms with Crippen LogP contribution in [-0.2, 0) is 22.6 Å². The number of aliphatic hydroxyl groups is 1. The second-order valence-corrected chi connectivity index (χ2v) is 9.89. The predicted molar refractivity (Wildman–Crippen MR) is 150 cm³/mol. The molecular weight excluding hydrogens is 515 g/mol. The lowest BCUT2D eigenvalue weighted by molar-refractivity contribution is -0.135. The minimum absolute atomic E-state index is 0.0144. The number of carbonyl (C=O) groups excluding carboxylic acids is 2. The lowest BCUT2D eigenvalue weighted by Gasteiger charge is -2.27. The lowest BCUT2D eigenvalue weighted by atomic mass is 9.99. The van der Waals surface area contributed by atoms with E-state index in [-0.39, 0.29) is 18.4 Å². The number of aliphatic imine (C=N–C) groups is 1. The summed E-state index contributed by atoms with van der Waals surface area (Å²) in [4.78, 5) is 33.2. The molecule has 6 N–H and O–H groups in total. The summed E-state index contributed by atoms with van der Waals surface area (Å²) < 4.78 is 0. The molecule has 202 valence electrons. The molecule has 0 unspecified atom stereocenters. The van der Waals surface area contributed by atoms with Crippen LogP contribution in [0.4, 0.5) is 0 Å². The number of aromatic amines is 1. The van der Waals surface area contributed by atoms with E-state index in [1.165, 1.54) is 25.5 Å². The summed E-state index contributed by atoms with van der Waals surface area (Å²) in [7, 11) is 1.96. The number of H-pyrrole nitrogens is 1. The minimum atomic E-state index is -0.541. The van der Waals surface area contributed by atoms with Crippen LogP contribution >= 0.6 is 23.2 Å². The summed E-state index contributed by atoms with van der Waals surface area (Å²) in [6.07, 6.45) is 9.32. The van der Waals surface area contributed by atoms with Gasteiger partial charge in [-0.25, -0.2) is 0 Å². The minimum Gasteiger partial charge on any atom is -0.398 e. The normalized spacial score (nSPS) is 13.9. The fraction of sp³-hybridized carbons (Fsp3) is 0.500. The smallest absolute Gasteiger partial charge is 0.248 e. The summed E-state index contributed by atoms with van der Waals surface area (Å²) in [5.41, 5.74) is 9.96. The Labute approximate surface area is 227 Å². The van der Waals surface area contributed by atoms with Gasteiger partial charge >= 0.3 is 0 Å². The summed E-state index contributed by atoms with van der Waals surface area (Å²) in [5.74, 6) is -0.469. The molecule has 0 saturated carbocycles. The number of nitrogens with zero attached hydrogens (tertiary/aromatic N) is 2. The molecule has 0 saturated heterocycles. The van der Waals surface area contributed by atoms with Gasteiger partial charge in [-0.1, -0.05) is 42.5 Å². The van der Waals surface area contributed by atoms with Gasteiger partial charge in [0.05, 0.1) is 15.6 Å². The molecule has 1 aliphatic heterocycles. The Balaban J connectivity index is 1.63. The lowest BCUT2D eigenvalue weighted by Crippen LogP contribution is -2.37. The van der Waals surface area contributed by atoms with E-state index in [1.807, 2.05) is 7.05 Å². The average molecular weight is 552 g/mol. The van der Waals surface area contributed by atoms with Gasteiger partial charge in [-0.3, -0.25) is 14.6 Å². The number of rotatable bonds is 13. The number of allylic oxidation sites excluding steroid dienone is 1. The second kappa shape index (κ2) is 14.4. The van der Waals surface area contributed by atoms with Crippen molar-refractivity contribution < 1.29 is 14.7 Å². The van der Waals surface area contributed by atoms with Gasteiger partial charge in [-0.2, -0.15) is 0 Å². The first-order chi connectivity index (χ1) is 17.9. The van der Waals surface area contributed by atoms with Crippen LogP contribution in [0.3, 0.4) is 0 Å². The Hall–Kier alpha value is -2.59. The van der Waals surface area contributed by atoms with Crippen molar-refractivity contribution in [1.29, 1.82) is 0 Å². The summed E-state index contributed by atoms with van der Waals surface area (Å²) in [6.45, 7) is 1.99. The van der Waals surface area contributed by atoms with Crippen molar-refractivity contribution in [2.75, 3.05) is 39.8 Å². The molecule has 37 heavy (non-hydrogen) atoms. The van der Waals surface area contributed by atoms with E-state index >= 15 is 0 Å². The highest BCUT2D eigenvalue weighted by Gasteiger charge is 2.27. The number of aromatic nitrogens is 1. The van der Waals surface area contributed by atoms with Gasteiger partial charge in [0.15, 0.2) is 0 Å². The number of unbranched alkanes of at least 4 members (excludes halogenated alkanes) is 4. The Morgan fingerprint density at radius 3 is 2.68 bits per heavy atom. The molecule has 2 heterocycles. The third-order valence-electron chi connectivity index (χ3n) is 6.46. The Kier molecular flexibility index (Phi) is 11.3. The first-order valence-corrected chi connectivity index (χ1v) is 13.4. The van der Waals surface area contributed by atoms with Gasteiger partial charge in [-0.15, -0.1) is 0 Å². The molecule has 0 atom stereocenters. The number of benzene rings is 1. The van der Waals surface area contributed by atoms with E-state index < -0.39 is 6.61 Å². The molecule has 2 amide bonds. The average Bonchev–Trinajstić information content (AvgIpc) is 3.28. The molecule has 0 bridgehead atoms. The topological polar surface area (TPSA) is 136 Å². The van der Waals surface area contributed by atoms with E-state index in [0.717, 1.165) is 36.0 Å². The number of fused-ring (bicyclic) bond motifs is 3. The maximum absolute atomic E-state index is 12.1. The number of hydrogen-bond donors (Lipinski definition) is 5. The number of amides is 2. The van der Waals surface area contributed by atoms with Crippen LogP contribution in [0, 0.1) is 0 Å². The van der Waals surface area contributed by atoms with Crippen LogP contribution in [0.15, 0.2) is 17.1 Å². The van der Waals surface area contributed by atoms with Crippen LogP contribution < -0.4 is 16.4 Å². The quantitative estimate of drug-likeness (QED) is 0.193. The van der Waals surface area contributed by atoms with Gasteiger partial charge in [0.25, 0.3) is 0 Å². The predicted octanol–water partition coefficient (Wildman–Crippen LogP) is 3.01. The molecule has 9 nitrogen and oxygen atoms in total. The fourth-order valence-corrected chi connectivity index (χ4v) is 4.88. The SMILES string of the molecule is CNCCCCCCCNC(=O)CN=C/C=C(\N)c1cc(Cl)c(Cl)c2[nH]c3c(c12)CN(C(=O)CO)CC3. The second-order valence-electron chi connectivity index (χ2n) is 9.11. The molecule has 0 spiro atoms. The number of aliphatic hydroxyl groups excluding tert-OH is 1. The van der Waals surface area contributed by atoms with E-state index in [4.69, 9.17) is 28.9 Å². The van der Waals surface area contributed by atoms with Crippen molar-refractivity contribution in [2.45, 2.75) is 45.1 Å². The Morgan fingerprint density at radius 1 is 1.22 bits per heavy atom. The maximum Gasteiger partial charge on any atom is 0.248 e. The number of halogens is 2. The van der Waals surface area contributed by atoms with Crippen LogP contribution in [0.5, 0.6) is 0 Å². The third-order valence-corrected chi connectivity index (χ3v) is 7.25.